The van der Waals surface area contributed by atoms with Gasteiger partial charge in [-0.2, -0.15) is 5.10 Å². The first-order valence-corrected chi connectivity index (χ1v) is 10.3. The van der Waals surface area contributed by atoms with E-state index in [0.717, 1.165) is 54.9 Å². The summed E-state index contributed by atoms with van der Waals surface area (Å²) in [5.74, 6) is 1.22. The first-order chi connectivity index (χ1) is 13.3. The summed E-state index contributed by atoms with van der Waals surface area (Å²) in [5.41, 5.74) is 3.12. The Morgan fingerprint density at radius 1 is 1.36 bits per heavy atom. The molecule has 7 nitrogen and oxygen atoms in total. The molecule has 0 spiro atoms. The zero-order valence-electron chi connectivity index (χ0n) is 17.8. The number of aromatic amines is 1. The van der Waals surface area contributed by atoms with Crippen LogP contribution in [0.1, 0.15) is 43.5 Å². The summed E-state index contributed by atoms with van der Waals surface area (Å²) in [7, 11) is 1.82. The number of carbonyl (C=O) groups is 1. The maximum atomic E-state index is 12.5. The number of aryl methyl sites for hydroxylation is 3. The minimum absolute atomic E-state index is 0.0177. The Bertz CT molecular complexity index is 912. The maximum Gasteiger partial charge on any atom is 0.253 e. The lowest BCUT2D eigenvalue weighted by molar-refractivity contribution is -0.121. The van der Waals surface area contributed by atoms with Crippen LogP contribution in [0.2, 0.25) is 0 Å². The normalized spacial score (nSPS) is 17.7. The van der Waals surface area contributed by atoms with Crippen LogP contribution in [0.5, 0.6) is 0 Å². The molecule has 1 amide bonds. The van der Waals surface area contributed by atoms with Gasteiger partial charge in [0.25, 0.3) is 5.56 Å². The molecule has 0 aliphatic carbocycles. The van der Waals surface area contributed by atoms with E-state index in [4.69, 9.17) is 0 Å². The topological polar surface area (TPSA) is 83.0 Å². The molecule has 3 rings (SSSR count). The highest BCUT2D eigenvalue weighted by molar-refractivity contribution is 5.83. The lowest BCUT2D eigenvalue weighted by Gasteiger charge is -2.18. The van der Waals surface area contributed by atoms with Crippen LogP contribution in [0.4, 0.5) is 0 Å². The molecular formula is C21H33N5O2. The van der Waals surface area contributed by atoms with Crippen molar-refractivity contribution in [1.82, 2.24) is 25.0 Å². The van der Waals surface area contributed by atoms with Crippen molar-refractivity contribution < 1.29 is 4.79 Å². The maximum absolute atomic E-state index is 12.5. The fourth-order valence-electron chi connectivity index (χ4n) is 4.40. The van der Waals surface area contributed by atoms with Crippen LogP contribution in [0.3, 0.4) is 0 Å². The number of hydrogen-bond acceptors (Lipinski definition) is 4. The summed E-state index contributed by atoms with van der Waals surface area (Å²) in [5, 5.41) is 8.44. The van der Waals surface area contributed by atoms with Crippen LogP contribution in [-0.4, -0.2) is 51.8 Å². The fraction of sp³-hybridized carbons (Fsp3) is 0.667. The van der Waals surface area contributed by atoms with Crippen molar-refractivity contribution in [2.24, 2.45) is 18.9 Å². The lowest BCUT2D eigenvalue weighted by Crippen LogP contribution is -2.32. The molecule has 154 valence electrons. The molecule has 0 aromatic carbocycles. The summed E-state index contributed by atoms with van der Waals surface area (Å²) in [6.45, 7) is 12.4. The van der Waals surface area contributed by atoms with E-state index < -0.39 is 0 Å². The largest absolute Gasteiger partial charge is 0.356 e. The van der Waals surface area contributed by atoms with Crippen LogP contribution < -0.4 is 10.9 Å². The number of hydrogen-bond donors (Lipinski definition) is 2. The Kier molecular flexibility index (Phi) is 6.23. The van der Waals surface area contributed by atoms with Crippen molar-refractivity contribution in [2.45, 2.75) is 47.0 Å². The number of pyridine rings is 1. The minimum Gasteiger partial charge on any atom is -0.356 e. The van der Waals surface area contributed by atoms with E-state index in [1.807, 2.05) is 20.9 Å². The highest BCUT2D eigenvalue weighted by Crippen LogP contribution is 2.21. The Balaban J connectivity index is 1.55. The quantitative estimate of drug-likeness (QED) is 0.760. The summed E-state index contributed by atoms with van der Waals surface area (Å²) >= 11 is 0. The van der Waals surface area contributed by atoms with Crippen molar-refractivity contribution in [3.63, 3.8) is 0 Å². The molecule has 2 N–H and O–H groups in total. The van der Waals surface area contributed by atoms with Gasteiger partial charge in [-0.15, -0.1) is 0 Å². The molecule has 2 aromatic heterocycles. The molecule has 3 heterocycles. The van der Waals surface area contributed by atoms with Gasteiger partial charge in [-0.05, 0) is 50.6 Å². The highest BCUT2D eigenvalue weighted by atomic mass is 16.1. The van der Waals surface area contributed by atoms with E-state index in [9.17, 15) is 9.59 Å². The number of amides is 1. The van der Waals surface area contributed by atoms with Gasteiger partial charge in [0.1, 0.15) is 5.65 Å². The van der Waals surface area contributed by atoms with Gasteiger partial charge in [-0.3, -0.25) is 14.3 Å². The molecular weight excluding hydrogens is 354 g/mol. The van der Waals surface area contributed by atoms with Crippen LogP contribution in [0, 0.1) is 25.7 Å². The second-order valence-corrected chi connectivity index (χ2v) is 8.60. The third kappa shape index (κ3) is 4.46. The van der Waals surface area contributed by atoms with Crippen LogP contribution >= 0.6 is 0 Å². The van der Waals surface area contributed by atoms with E-state index in [1.54, 1.807) is 4.68 Å². The van der Waals surface area contributed by atoms with E-state index in [2.05, 4.69) is 34.1 Å². The van der Waals surface area contributed by atoms with Crippen LogP contribution in [0.25, 0.3) is 11.0 Å². The van der Waals surface area contributed by atoms with Gasteiger partial charge in [-0.1, -0.05) is 13.8 Å². The fourth-order valence-corrected chi connectivity index (χ4v) is 4.40. The summed E-state index contributed by atoms with van der Waals surface area (Å²) in [4.78, 5) is 30.2. The zero-order valence-corrected chi connectivity index (χ0v) is 17.8. The third-order valence-electron chi connectivity index (χ3n) is 5.74. The van der Waals surface area contributed by atoms with Crippen molar-refractivity contribution in [3.8, 4) is 0 Å². The van der Waals surface area contributed by atoms with Gasteiger partial charge in [0.15, 0.2) is 0 Å². The van der Waals surface area contributed by atoms with E-state index >= 15 is 0 Å². The SMILES string of the molecule is Cc1nn(C)c2[nH]c(=O)c(CCC(=O)NC[C@H]3CCN(CC(C)C)C3)c(C)c12. The predicted molar refractivity (Wildman–Crippen MR) is 112 cm³/mol. The number of rotatable bonds is 7. The standard InChI is InChI=1S/C21H33N5O2/c1-13(2)11-26-9-8-16(12-26)10-22-18(27)7-6-17-14(3)19-15(4)24-25(5)20(19)23-21(17)28/h13,16H,6-12H2,1-5H3,(H,22,27)(H,23,28)/t16-/m1/s1. The molecule has 0 radical (unpaired) electrons. The summed E-state index contributed by atoms with van der Waals surface area (Å²) in [6.07, 6.45) is 1.92. The van der Waals surface area contributed by atoms with Crippen molar-refractivity contribution in [3.05, 3.63) is 27.2 Å². The van der Waals surface area contributed by atoms with Gasteiger partial charge < -0.3 is 15.2 Å². The number of carbonyl (C=O) groups excluding carboxylic acids is 1. The monoisotopic (exact) mass is 387 g/mol. The molecule has 0 unspecified atom stereocenters. The smallest absolute Gasteiger partial charge is 0.253 e. The molecule has 1 aliphatic rings. The predicted octanol–water partition coefficient (Wildman–Crippen LogP) is 1.91. The van der Waals surface area contributed by atoms with Gasteiger partial charge in [0.2, 0.25) is 5.91 Å². The molecule has 28 heavy (non-hydrogen) atoms. The molecule has 2 aromatic rings. The number of fused-ring (bicyclic) bond motifs is 1. The second kappa shape index (κ2) is 8.47. The first kappa shape index (κ1) is 20.6. The Morgan fingerprint density at radius 3 is 2.82 bits per heavy atom. The molecule has 1 fully saturated rings. The number of likely N-dealkylation sites (tertiary alicyclic amines) is 1. The van der Waals surface area contributed by atoms with Crippen molar-refractivity contribution >= 4 is 16.9 Å². The Hall–Kier alpha value is -2.15. The van der Waals surface area contributed by atoms with Gasteiger partial charge in [0, 0.05) is 44.1 Å². The Morgan fingerprint density at radius 2 is 2.11 bits per heavy atom. The molecule has 0 saturated carbocycles. The van der Waals surface area contributed by atoms with Gasteiger partial charge in [-0.25, -0.2) is 0 Å². The average Bonchev–Trinajstić information content (AvgIpc) is 3.16. The molecule has 7 heteroatoms. The van der Waals surface area contributed by atoms with E-state index in [-0.39, 0.29) is 11.5 Å². The Labute approximate surface area is 166 Å². The number of nitrogens with one attached hydrogen (secondary N) is 2. The molecule has 1 saturated heterocycles. The lowest BCUT2D eigenvalue weighted by atomic mass is 10.0. The van der Waals surface area contributed by atoms with E-state index in [1.165, 1.54) is 0 Å². The number of aromatic nitrogens is 3. The average molecular weight is 388 g/mol. The highest BCUT2D eigenvalue weighted by Gasteiger charge is 2.23. The van der Waals surface area contributed by atoms with E-state index in [0.29, 0.717) is 30.2 Å². The van der Waals surface area contributed by atoms with Crippen molar-refractivity contribution in [2.75, 3.05) is 26.2 Å². The van der Waals surface area contributed by atoms with Crippen LogP contribution in [-0.2, 0) is 18.3 Å². The third-order valence-corrected chi connectivity index (χ3v) is 5.74. The zero-order chi connectivity index (χ0) is 20.4. The molecule has 1 aliphatic heterocycles. The molecule has 0 bridgehead atoms. The van der Waals surface area contributed by atoms with Gasteiger partial charge in [0.05, 0.1) is 5.69 Å². The number of H-pyrrole nitrogens is 1. The summed E-state index contributed by atoms with van der Waals surface area (Å²) in [6, 6.07) is 0. The second-order valence-electron chi connectivity index (χ2n) is 8.60. The van der Waals surface area contributed by atoms with Crippen LogP contribution in [0.15, 0.2) is 4.79 Å². The first-order valence-electron chi connectivity index (χ1n) is 10.3. The van der Waals surface area contributed by atoms with Gasteiger partial charge >= 0.3 is 0 Å². The van der Waals surface area contributed by atoms with Crippen molar-refractivity contribution in [1.29, 1.82) is 0 Å². The molecule has 1 atom stereocenters. The number of nitrogens with zero attached hydrogens (tertiary/aromatic N) is 3. The summed E-state index contributed by atoms with van der Waals surface area (Å²) < 4.78 is 1.69. The minimum atomic E-state index is -0.124.